The summed E-state index contributed by atoms with van der Waals surface area (Å²) < 4.78 is 0. The van der Waals surface area contributed by atoms with Gasteiger partial charge in [0.1, 0.15) is 0 Å². The maximum atomic E-state index is 11.4. The van der Waals surface area contributed by atoms with Crippen LogP contribution in [-0.4, -0.2) is 28.4 Å². The van der Waals surface area contributed by atoms with Crippen LogP contribution in [0.1, 0.15) is 24.1 Å². The van der Waals surface area contributed by atoms with E-state index < -0.39 is 12.0 Å². The molecule has 4 nitrogen and oxygen atoms in total. The van der Waals surface area contributed by atoms with Crippen molar-refractivity contribution in [3.8, 4) is 0 Å². The Morgan fingerprint density at radius 3 is 2.69 bits per heavy atom. The molecule has 16 heavy (non-hydrogen) atoms. The number of amides is 1. The molecule has 1 aromatic rings. The van der Waals surface area contributed by atoms with Gasteiger partial charge in [0.2, 0.25) is 5.91 Å². The van der Waals surface area contributed by atoms with Crippen LogP contribution in [0.25, 0.3) is 0 Å². The number of nitrogens with zero attached hydrogens (tertiary/aromatic N) is 1. The van der Waals surface area contributed by atoms with Crippen LogP contribution in [0.15, 0.2) is 24.3 Å². The van der Waals surface area contributed by atoms with Crippen LogP contribution in [0.3, 0.4) is 0 Å². The number of carboxylic acid groups (broad SMARTS) is 1. The Morgan fingerprint density at radius 2 is 2.06 bits per heavy atom. The van der Waals surface area contributed by atoms with Crippen molar-refractivity contribution in [2.75, 3.05) is 6.54 Å². The number of hydrogen-bond acceptors (Lipinski definition) is 2. The first kappa shape index (κ1) is 10.7. The fourth-order valence-electron chi connectivity index (χ4n) is 2.17. The van der Waals surface area contributed by atoms with Crippen LogP contribution >= 0.6 is 0 Å². The lowest BCUT2D eigenvalue weighted by molar-refractivity contribution is -0.150. The summed E-state index contributed by atoms with van der Waals surface area (Å²) in [6.45, 7) is 1.88. The first-order valence-electron chi connectivity index (χ1n) is 5.19. The van der Waals surface area contributed by atoms with Gasteiger partial charge in [0.25, 0.3) is 0 Å². The Bertz CT molecular complexity index is 442. The Balaban J connectivity index is 2.47. The van der Waals surface area contributed by atoms with E-state index in [1.807, 2.05) is 12.1 Å². The molecule has 1 heterocycles. The third-order valence-electron chi connectivity index (χ3n) is 2.92. The summed E-state index contributed by atoms with van der Waals surface area (Å²) in [7, 11) is 0. The highest BCUT2D eigenvalue weighted by Crippen LogP contribution is 2.29. The van der Waals surface area contributed by atoms with E-state index in [-0.39, 0.29) is 5.91 Å². The summed E-state index contributed by atoms with van der Waals surface area (Å²) in [5.41, 5.74) is 1.75. The maximum Gasteiger partial charge on any atom is 0.331 e. The summed E-state index contributed by atoms with van der Waals surface area (Å²) in [6.07, 6.45) is 0.722. The predicted octanol–water partition coefficient (Wildman–Crippen LogP) is 1.22. The van der Waals surface area contributed by atoms with E-state index in [2.05, 4.69) is 0 Å². The third kappa shape index (κ3) is 1.66. The van der Waals surface area contributed by atoms with Crippen LogP contribution in [0.4, 0.5) is 0 Å². The zero-order valence-corrected chi connectivity index (χ0v) is 9.01. The van der Waals surface area contributed by atoms with Crippen molar-refractivity contribution in [3.05, 3.63) is 35.4 Å². The first-order chi connectivity index (χ1) is 7.61. The molecule has 1 aliphatic rings. The molecule has 0 saturated heterocycles. The fourth-order valence-corrected chi connectivity index (χ4v) is 2.17. The van der Waals surface area contributed by atoms with Crippen molar-refractivity contribution in [1.82, 2.24) is 4.90 Å². The smallest absolute Gasteiger partial charge is 0.331 e. The first-order valence-corrected chi connectivity index (χ1v) is 5.19. The molecule has 2 rings (SSSR count). The van der Waals surface area contributed by atoms with Gasteiger partial charge >= 0.3 is 5.97 Å². The summed E-state index contributed by atoms with van der Waals surface area (Å²) in [5, 5.41) is 9.21. The van der Waals surface area contributed by atoms with Gasteiger partial charge in [0.05, 0.1) is 0 Å². The van der Waals surface area contributed by atoms with Gasteiger partial charge < -0.3 is 10.0 Å². The largest absolute Gasteiger partial charge is 0.479 e. The normalized spacial score (nSPS) is 19.1. The lowest BCUT2D eigenvalue weighted by atomic mass is 9.92. The standard InChI is InChI=1S/C12H13NO3/c1-8(14)13-7-6-9-4-2-3-5-10(9)11(13)12(15)16/h2-5,11H,6-7H2,1H3,(H,15,16)/t11-/m1/s1. The third-order valence-corrected chi connectivity index (χ3v) is 2.92. The van der Waals surface area contributed by atoms with Crippen molar-refractivity contribution in [2.24, 2.45) is 0 Å². The molecule has 1 N–H and O–H groups in total. The zero-order valence-electron chi connectivity index (χ0n) is 9.01. The number of rotatable bonds is 1. The lowest BCUT2D eigenvalue weighted by Crippen LogP contribution is -2.42. The molecule has 0 aromatic heterocycles. The van der Waals surface area contributed by atoms with E-state index in [4.69, 9.17) is 0 Å². The van der Waals surface area contributed by atoms with Gasteiger partial charge in [-0.3, -0.25) is 4.79 Å². The Morgan fingerprint density at radius 1 is 1.38 bits per heavy atom. The van der Waals surface area contributed by atoms with E-state index in [1.165, 1.54) is 11.8 Å². The van der Waals surface area contributed by atoms with Crippen LogP contribution in [0.5, 0.6) is 0 Å². The highest BCUT2D eigenvalue weighted by Gasteiger charge is 2.33. The average molecular weight is 219 g/mol. The summed E-state index contributed by atoms with van der Waals surface area (Å²) in [6, 6.07) is 6.56. The van der Waals surface area contributed by atoms with E-state index in [9.17, 15) is 14.7 Å². The average Bonchev–Trinajstić information content (AvgIpc) is 2.27. The molecule has 1 aliphatic heterocycles. The van der Waals surface area contributed by atoms with Gasteiger partial charge in [-0.15, -0.1) is 0 Å². The van der Waals surface area contributed by atoms with Crippen molar-refractivity contribution < 1.29 is 14.7 Å². The SMILES string of the molecule is CC(=O)N1CCc2ccccc2[C@@H]1C(=O)O. The number of benzene rings is 1. The second kappa shape index (κ2) is 3.96. The molecule has 0 spiro atoms. The molecule has 4 heteroatoms. The zero-order chi connectivity index (χ0) is 11.7. The minimum atomic E-state index is -0.970. The molecule has 0 aliphatic carbocycles. The van der Waals surface area contributed by atoms with Crippen molar-refractivity contribution in [1.29, 1.82) is 0 Å². The molecule has 0 fully saturated rings. The Labute approximate surface area is 93.5 Å². The van der Waals surface area contributed by atoms with Gasteiger partial charge in [-0.2, -0.15) is 0 Å². The quantitative estimate of drug-likeness (QED) is 0.772. The molecule has 0 radical (unpaired) electrons. The fraction of sp³-hybridized carbons (Fsp3) is 0.333. The molecule has 0 bridgehead atoms. The monoisotopic (exact) mass is 219 g/mol. The van der Waals surface area contributed by atoms with Crippen LogP contribution in [0, 0.1) is 0 Å². The molecule has 0 unspecified atom stereocenters. The lowest BCUT2D eigenvalue weighted by Gasteiger charge is -2.33. The number of hydrogen-bond donors (Lipinski definition) is 1. The Hall–Kier alpha value is -1.84. The van der Waals surface area contributed by atoms with Crippen molar-refractivity contribution in [2.45, 2.75) is 19.4 Å². The van der Waals surface area contributed by atoms with E-state index >= 15 is 0 Å². The highest BCUT2D eigenvalue weighted by molar-refractivity contribution is 5.84. The Kier molecular flexibility index (Phi) is 2.64. The maximum absolute atomic E-state index is 11.4. The second-order valence-corrected chi connectivity index (χ2v) is 3.90. The van der Waals surface area contributed by atoms with Crippen LogP contribution < -0.4 is 0 Å². The van der Waals surface area contributed by atoms with E-state index in [0.717, 1.165) is 17.5 Å². The number of carboxylic acids is 1. The van der Waals surface area contributed by atoms with E-state index in [1.54, 1.807) is 12.1 Å². The topological polar surface area (TPSA) is 57.6 Å². The van der Waals surface area contributed by atoms with Gasteiger partial charge in [-0.1, -0.05) is 24.3 Å². The number of carbonyl (C=O) groups excluding carboxylic acids is 1. The second-order valence-electron chi connectivity index (χ2n) is 3.90. The summed E-state index contributed by atoms with van der Waals surface area (Å²) >= 11 is 0. The van der Waals surface area contributed by atoms with Gasteiger partial charge in [-0.05, 0) is 17.5 Å². The van der Waals surface area contributed by atoms with E-state index in [0.29, 0.717) is 6.54 Å². The molecular formula is C12H13NO3. The molecule has 1 amide bonds. The van der Waals surface area contributed by atoms with Gasteiger partial charge in [-0.25, -0.2) is 4.79 Å². The van der Waals surface area contributed by atoms with Gasteiger partial charge in [0.15, 0.2) is 6.04 Å². The minimum absolute atomic E-state index is 0.193. The predicted molar refractivity (Wildman–Crippen MR) is 57.9 cm³/mol. The highest BCUT2D eigenvalue weighted by atomic mass is 16.4. The van der Waals surface area contributed by atoms with Crippen LogP contribution in [0.2, 0.25) is 0 Å². The van der Waals surface area contributed by atoms with Crippen LogP contribution in [-0.2, 0) is 16.0 Å². The van der Waals surface area contributed by atoms with Gasteiger partial charge in [0, 0.05) is 13.5 Å². The summed E-state index contributed by atoms with van der Waals surface area (Å²) in [5.74, 6) is -1.16. The molecule has 1 atom stereocenters. The van der Waals surface area contributed by atoms with Crippen molar-refractivity contribution >= 4 is 11.9 Å². The number of aliphatic carboxylic acids is 1. The summed E-state index contributed by atoms with van der Waals surface area (Å²) in [4.78, 5) is 24.0. The molecule has 84 valence electrons. The minimum Gasteiger partial charge on any atom is -0.479 e. The molecule has 0 saturated carbocycles. The van der Waals surface area contributed by atoms with Crippen molar-refractivity contribution in [3.63, 3.8) is 0 Å². The molecular weight excluding hydrogens is 206 g/mol. The molecule has 1 aromatic carbocycles. The number of carbonyl (C=O) groups is 2. The number of fused-ring (bicyclic) bond motifs is 1.